The van der Waals surface area contributed by atoms with Crippen molar-refractivity contribution in [2.45, 2.75) is 0 Å². The minimum Gasteiger partial charge on any atom is -0.306 e. The van der Waals surface area contributed by atoms with E-state index in [4.69, 9.17) is 24.9 Å². The van der Waals surface area contributed by atoms with Gasteiger partial charge >= 0.3 is 0 Å². The Morgan fingerprint density at radius 2 is 0.821 bits per heavy atom. The summed E-state index contributed by atoms with van der Waals surface area (Å²) in [6.07, 6.45) is 0. The van der Waals surface area contributed by atoms with Crippen molar-refractivity contribution >= 4 is 43.7 Å². The second-order valence-electron chi connectivity index (χ2n) is 13.7. The monoisotopic (exact) mass is 717 g/mol. The van der Waals surface area contributed by atoms with Crippen molar-refractivity contribution in [1.82, 2.24) is 34.1 Å². The summed E-state index contributed by atoms with van der Waals surface area (Å²) < 4.78 is 4.43. The van der Waals surface area contributed by atoms with Gasteiger partial charge in [-0.05, 0) is 42.5 Å². The fourth-order valence-electron chi connectivity index (χ4n) is 7.84. The van der Waals surface area contributed by atoms with Gasteiger partial charge in [0, 0.05) is 44.1 Å². The number of hydrogen-bond donors (Lipinski definition) is 0. The molecule has 0 amide bonds. The van der Waals surface area contributed by atoms with Gasteiger partial charge in [-0.15, -0.1) is 0 Å². The smallest absolute Gasteiger partial charge is 0.238 e. The molecule has 0 N–H and O–H groups in total. The van der Waals surface area contributed by atoms with Crippen molar-refractivity contribution in [3.63, 3.8) is 0 Å². The van der Waals surface area contributed by atoms with E-state index in [0.29, 0.717) is 23.4 Å². The van der Waals surface area contributed by atoms with E-state index in [-0.39, 0.29) is 0 Å². The van der Waals surface area contributed by atoms with E-state index in [9.17, 15) is 0 Å². The molecule has 0 fully saturated rings. The standard InChI is InChI=1S/C49H31N7/c1-5-17-32(18-6-1)43-45-44(38-26-14-16-28-41(38)55(45)36-23-11-4-12-24-36)51-48(50-43)35-29-30-42-39(31-35)37-25-13-15-27-40(37)56(42)49-53-46(33-19-7-2-8-20-33)52-47(54-49)34-21-9-3-10-22-34/h1-31H. The molecule has 0 spiro atoms. The first-order valence-electron chi connectivity index (χ1n) is 18.6. The summed E-state index contributed by atoms with van der Waals surface area (Å²) in [4.78, 5) is 25.9. The number of aromatic nitrogens is 7. The second-order valence-corrected chi connectivity index (χ2v) is 13.7. The molecular formula is C49H31N7. The van der Waals surface area contributed by atoms with Gasteiger partial charge < -0.3 is 4.57 Å². The van der Waals surface area contributed by atoms with Crippen LogP contribution in [-0.2, 0) is 0 Å². The molecule has 4 aromatic heterocycles. The molecule has 7 aromatic carbocycles. The van der Waals surface area contributed by atoms with Crippen molar-refractivity contribution in [3.8, 4) is 57.1 Å². The number of hydrogen-bond acceptors (Lipinski definition) is 5. The van der Waals surface area contributed by atoms with Gasteiger partial charge in [0.1, 0.15) is 5.52 Å². The Hall–Kier alpha value is -7.77. The van der Waals surface area contributed by atoms with Crippen LogP contribution < -0.4 is 0 Å². The fraction of sp³-hybridized carbons (Fsp3) is 0. The number of rotatable bonds is 6. The Bertz CT molecular complexity index is 3170. The van der Waals surface area contributed by atoms with Crippen LogP contribution in [0.15, 0.2) is 188 Å². The van der Waals surface area contributed by atoms with E-state index in [1.165, 1.54) is 0 Å². The van der Waals surface area contributed by atoms with Crippen LogP contribution in [0.5, 0.6) is 0 Å². The summed E-state index contributed by atoms with van der Waals surface area (Å²) >= 11 is 0. The van der Waals surface area contributed by atoms with Crippen LogP contribution in [0.25, 0.3) is 101 Å². The second kappa shape index (κ2) is 13.0. The highest BCUT2D eigenvalue weighted by Crippen LogP contribution is 2.39. The molecule has 56 heavy (non-hydrogen) atoms. The summed E-state index contributed by atoms with van der Waals surface area (Å²) in [5.41, 5.74) is 10.7. The quantitative estimate of drug-likeness (QED) is 0.171. The molecule has 0 radical (unpaired) electrons. The lowest BCUT2D eigenvalue weighted by molar-refractivity contribution is 0.953. The third-order valence-electron chi connectivity index (χ3n) is 10.4. The van der Waals surface area contributed by atoms with Crippen LogP contribution in [0.1, 0.15) is 0 Å². The Kier molecular flexibility index (Phi) is 7.35. The minimum absolute atomic E-state index is 0.550. The van der Waals surface area contributed by atoms with Crippen LogP contribution in [0.3, 0.4) is 0 Å². The first kappa shape index (κ1) is 31.7. The topological polar surface area (TPSA) is 74.3 Å². The average Bonchev–Trinajstić information content (AvgIpc) is 3.80. The molecule has 0 bridgehead atoms. The zero-order valence-corrected chi connectivity index (χ0v) is 30.0. The van der Waals surface area contributed by atoms with Crippen molar-refractivity contribution in [2.24, 2.45) is 0 Å². The van der Waals surface area contributed by atoms with E-state index in [1.54, 1.807) is 0 Å². The molecule has 4 heterocycles. The van der Waals surface area contributed by atoms with Gasteiger partial charge in [-0.2, -0.15) is 9.97 Å². The average molecular weight is 718 g/mol. The van der Waals surface area contributed by atoms with Gasteiger partial charge in [-0.3, -0.25) is 4.57 Å². The molecule has 11 aromatic rings. The van der Waals surface area contributed by atoms with Crippen LogP contribution in [0.2, 0.25) is 0 Å². The Morgan fingerprint density at radius 3 is 1.46 bits per heavy atom. The van der Waals surface area contributed by atoms with E-state index in [0.717, 1.165) is 77.4 Å². The molecule has 7 heteroatoms. The molecule has 0 unspecified atom stereocenters. The number of benzene rings is 7. The minimum atomic E-state index is 0.550. The Balaban J connectivity index is 1.16. The predicted molar refractivity (Wildman–Crippen MR) is 226 cm³/mol. The molecule has 0 aliphatic heterocycles. The molecule has 0 atom stereocenters. The highest BCUT2D eigenvalue weighted by atomic mass is 15.2. The fourth-order valence-corrected chi connectivity index (χ4v) is 7.84. The van der Waals surface area contributed by atoms with Crippen LogP contribution in [0.4, 0.5) is 0 Å². The number of nitrogens with zero attached hydrogens (tertiary/aromatic N) is 7. The van der Waals surface area contributed by atoms with Crippen molar-refractivity contribution in [2.75, 3.05) is 0 Å². The summed E-state index contributed by atoms with van der Waals surface area (Å²) in [6.45, 7) is 0. The molecule has 0 aliphatic carbocycles. The van der Waals surface area contributed by atoms with E-state index in [1.807, 2.05) is 72.8 Å². The molecule has 262 valence electrons. The molecule has 0 saturated carbocycles. The summed E-state index contributed by atoms with van der Waals surface area (Å²) in [5.74, 6) is 2.43. The predicted octanol–water partition coefficient (Wildman–Crippen LogP) is 11.5. The van der Waals surface area contributed by atoms with Crippen molar-refractivity contribution in [3.05, 3.63) is 188 Å². The first-order valence-corrected chi connectivity index (χ1v) is 18.6. The third kappa shape index (κ3) is 5.17. The van der Waals surface area contributed by atoms with Gasteiger partial charge in [0.25, 0.3) is 0 Å². The van der Waals surface area contributed by atoms with Gasteiger partial charge in [0.15, 0.2) is 17.5 Å². The van der Waals surface area contributed by atoms with Gasteiger partial charge in [0.2, 0.25) is 5.95 Å². The first-order chi connectivity index (χ1) is 27.8. The van der Waals surface area contributed by atoms with Gasteiger partial charge in [-0.1, -0.05) is 146 Å². The zero-order valence-electron chi connectivity index (χ0n) is 30.0. The third-order valence-corrected chi connectivity index (χ3v) is 10.4. The number of fused-ring (bicyclic) bond motifs is 6. The van der Waals surface area contributed by atoms with E-state index < -0.39 is 0 Å². The summed E-state index contributed by atoms with van der Waals surface area (Å²) in [6, 6.07) is 64.4. The lowest BCUT2D eigenvalue weighted by Gasteiger charge is -2.12. The Labute approximate surface area is 321 Å². The highest BCUT2D eigenvalue weighted by molar-refractivity contribution is 6.13. The van der Waals surface area contributed by atoms with Gasteiger partial charge in [-0.25, -0.2) is 15.0 Å². The maximum atomic E-state index is 5.39. The lowest BCUT2D eigenvalue weighted by Crippen LogP contribution is -2.06. The maximum absolute atomic E-state index is 5.39. The zero-order chi connectivity index (χ0) is 37.0. The van der Waals surface area contributed by atoms with Crippen LogP contribution in [0, 0.1) is 0 Å². The molecular weight excluding hydrogens is 687 g/mol. The molecule has 0 saturated heterocycles. The molecule has 7 nitrogen and oxygen atoms in total. The normalized spacial score (nSPS) is 11.6. The van der Waals surface area contributed by atoms with E-state index >= 15 is 0 Å². The summed E-state index contributed by atoms with van der Waals surface area (Å²) in [7, 11) is 0. The SMILES string of the molecule is c1ccc(-c2nc(-c3ccccc3)nc(-n3c4ccccc4c4cc(-c5nc(-c6ccccc6)c6c(n5)c5ccccc5n6-c5ccccc5)ccc43)n2)cc1. The lowest BCUT2D eigenvalue weighted by atomic mass is 10.1. The highest BCUT2D eigenvalue weighted by Gasteiger charge is 2.23. The molecule has 11 rings (SSSR count). The summed E-state index contributed by atoms with van der Waals surface area (Å²) in [5, 5.41) is 3.21. The van der Waals surface area contributed by atoms with Crippen LogP contribution >= 0.6 is 0 Å². The van der Waals surface area contributed by atoms with Crippen molar-refractivity contribution in [1.29, 1.82) is 0 Å². The largest absolute Gasteiger partial charge is 0.306 e. The van der Waals surface area contributed by atoms with Crippen molar-refractivity contribution < 1.29 is 0 Å². The van der Waals surface area contributed by atoms with E-state index in [2.05, 4.69) is 124 Å². The Morgan fingerprint density at radius 1 is 0.321 bits per heavy atom. The van der Waals surface area contributed by atoms with Gasteiger partial charge in [0.05, 0.1) is 27.8 Å². The molecule has 0 aliphatic rings. The maximum Gasteiger partial charge on any atom is 0.238 e. The van der Waals surface area contributed by atoms with Crippen LogP contribution in [-0.4, -0.2) is 34.1 Å². The number of para-hydroxylation sites is 3.